The summed E-state index contributed by atoms with van der Waals surface area (Å²) in [7, 11) is 0. The largest absolute Gasteiger partial charge is 0.493 e. The second-order valence-corrected chi connectivity index (χ2v) is 7.91. The van der Waals surface area contributed by atoms with E-state index in [0.29, 0.717) is 5.56 Å². The van der Waals surface area contributed by atoms with Gasteiger partial charge in [0, 0.05) is 22.6 Å². The number of Topliss-reactive ketones (excluding diaryl/α,β-unsaturated/α-hetero) is 1. The van der Waals surface area contributed by atoms with Crippen LogP contribution in [-0.2, 0) is 9.53 Å². The van der Waals surface area contributed by atoms with Gasteiger partial charge in [0.1, 0.15) is 5.75 Å². The van der Waals surface area contributed by atoms with Crippen molar-refractivity contribution in [3.63, 3.8) is 0 Å². The van der Waals surface area contributed by atoms with E-state index in [4.69, 9.17) is 9.47 Å². The van der Waals surface area contributed by atoms with Gasteiger partial charge < -0.3 is 14.0 Å². The maximum atomic E-state index is 12.7. The molecule has 0 atom stereocenters. The van der Waals surface area contributed by atoms with Crippen LogP contribution in [0, 0.1) is 34.6 Å². The number of carbonyl (C=O) groups is 2. The molecule has 0 spiro atoms. The van der Waals surface area contributed by atoms with Crippen molar-refractivity contribution >= 4 is 11.8 Å². The molecule has 0 fully saturated rings. The number of rotatable bonds is 8. The average molecular weight is 420 g/mol. The molecular formula is C26H29NO4. The number of benzene rings is 2. The van der Waals surface area contributed by atoms with Gasteiger partial charge in [-0.15, -0.1) is 0 Å². The SMILES string of the molecule is Cc1cc(C)cc(-n2c(C)cc(C(=O)COC(=O)CCOc3ccccc3C)c2C)c1. The van der Waals surface area contributed by atoms with Crippen molar-refractivity contribution in [1.29, 1.82) is 0 Å². The molecule has 0 unspecified atom stereocenters. The molecule has 0 bridgehead atoms. The van der Waals surface area contributed by atoms with E-state index in [2.05, 4.69) is 36.6 Å². The summed E-state index contributed by atoms with van der Waals surface area (Å²) < 4.78 is 12.9. The predicted molar refractivity (Wildman–Crippen MR) is 121 cm³/mol. The smallest absolute Gasteiger partial charge is 0.309 e. The Bertz CT molecular complexity index is 1090. The monoisotopic (exact) mass is 419 g/mol. The number of esters is 1. The molecule has 0 amide bonds. The third-order valence-corrected chi connectivity index (χ3v) is 5.22. The third-order valence-electron chi connectivity index (χ3n) is 5.22. The Morgan fingerprint density at radius 1 is 0.903 bits per heavy atom. The van der Waals surface area contributed by atoms with E-state index in [1.807, 2.05) is 51.1 Å². The van der Waals surface area contributed by atoms with Crippen molar-refractivity contribution in [1.82, 2.24) is 4.57 Å². The normalized spacial score (nSPS) is 10.7. The molecule has 5 heteroatoms. The number of hydrogen-bond acceptors (Lipinski definition) is 4. The lowest BCUT2D eigenvalue weighted by atomic mass is 10.1. The topological polar surface area (TPSA) is 57.5 Å². The lowest BCUT2D eigenvalue weighted by Gasteiger charge is -2.12. The second-order valence-electron chi connectivity index (χ2n) is 7.91. The highest BCUT2D eigenvalue weighted by Crippen LogP contribution is 2.23. The summed E-state index contributed by atoms with van der Waals surface area (Å²) in [6, 6.07) is 15.8. The molecule has 162 valence electrons. The van der Waals surface area contributed by atoms with E-state index in [0.717, 1.165) is 39.5 Å². The number of nitrogens with zero attached hydrogens (tertiary/aromatic N) is 1. The van der Waals surface area contributed by atoms with Gasteiger partial charge in [-0.25, -0.2) is 0 Å². The van der Waals surface area contributed by atoms with Crippen LogP contribution in [-0.4, -0.2) is 29.5 Å². The number of para-hydroxylation sites is 1. The van der Waals surface area contributed by atoms with E-state index in [1.54, 1.807) is 0 Å². The quantitative estimate of drug-likeness (QED) is 0.371. The molecule has 0 saturated carbocycles. The Balaban J connectivity index is 1.59. The summed E-state index contributed by atoms with van der Waals surface area (Å²) in [5.74, 6) is 0.0761. The van der Waals surface area contributed by atoms with Crippen molar-refractivity contribution in [2.45, 2.75) is 41.0 Å². The zero-order valence-electron chi connectivity index (χ0n) is 18.8. The first-order valence-corrected chi connectivity index (χ1v) is 10.4. The fraction of sp³-hybridized carbons (Fsp3) is 0.308. The van der Waals surface area contributed by atoms with Gasteiger partial charge in [-0.1, -0.05) is 24.3 Å². The number of aromatic nitrogens is 1. The van der Waals surface area contributed by atoms with Crippen LogP contribution in [0.15, 0.2) is 48.5 Å². The maximum Gasteiger partial charge on any atom is 0.309 e. The summed E-state index contributed by atoms with van der Waals surface area (Å²) in [5.41, 5.74) is 6.73. The van der Waals surface area contributed by atoms with E-state index < -0.39 is 5.97 Å². The van der Waals surface area contributed by atoms with Crippen LogP contribution in [0.4, 0.5) is 0 Å². The molecule has 5 nitrogen and oxygen atoms in total. The standard InChI is InChI=1S/C26H29NO4/c1-17-12-18(2)14-22(13-17)27-20(4)15-23(21(27)5)24(28)16-31-26(29)10-11-30-25-9-7-6-8-19(25)3/h6-9,12-15H,10-11,16H2,1-5H3. The summed E-state index contributed by atoms with van der Waals surface area (Å²) in [5, 5.41) is 0. The highest BCUT2D eigenvalue weighted by Gasteiger charge is 2.18. The summed E-state index contributed by atoms with van der Waals surface area (Å²) in [6.45, 7) is 9.87. The van der Waals surface area contributed by atoms with Crippen LogP contribution in [0.5, 0.6) is 5.75 Å². The maximum absolute atomic E-state index is 12.7. The Labute approximate surface area is 183 Å². The minimum absolute atomic E-state index is 0.0865. The minimum Gasteiger partial charge on any atom is -0.493 e. The molecule has 3 aromatic rings. The van der Waals surface area contributed by atoms with E-state index in [1.165, 1.54) is 0 Å². The van der Waals surface area contributed by atoms with Crippen LogP contribution in [0.3, 0.4) is 0 Å². The van der Waals surface area contributed by atoms with Crippen LogP contribution in [0.25, 0.3) is 5.69 Å². The highest BCUT2D eigenvalue weighted by molar-refractivity contribution is 5.99. The summed E-state index contributed by atoms with van der Waals surface area (Å²) in [4.78, 5) is 24.8. The first kappa shape index (κ1) is 22.3. The molecule has 0 aliphatic heterocycles. The van der Waals surface area contributed by atoms with Gasteiger partial charge in [0.25, 0.3) is 0 Å². The van der Waals surface area contributed by atoms with Gasteiger partial charge >= 0.3 is 5.97 Å². The van der Waals surface area contributed by atoms with Gasteiger partial charge in [0.15, 0.2) is 6.61 Å². The second kappa shape index (κ2) is 9.65. The van der Waals surface area contributed by atoms with Crippen LogP contribution >= 0.6 is 0 Å². The number of aryl methyl sites for hydroxylation is 4. The lowest BCUT2D eigenvalue weighted by molar-refractivity contribution is -0.143. The third kappa shape index (κ3) is 5.43. The molecular weight excluding hydrogens is 390 g/mol. The minimum atomic E-state index is -0.454. The molecule has 0 saturated heterocycles. The van der Waals surface area contributed by atoms with Crippen LogP contribution in [0.2, 0.25) is 0 Å². The molecule has 0 aliphatic carbocycles. The Morgan fingerprint density at radius 3 is 2.26 bits per heavy atom. The predicted octanol–water partition coefficient (Wildman–Crippen LogP) is 5.21. The van der Waals surface area contributed by atoms with Crippen molar-refractivity contribution < 1.29 is 19.1 Å². The van der Waals surface area contributed by atoms with Gasteiger partial charge in [0.2, 0.25) is 5.78 Å². The molecule has 3 rings (SSSR count). The van der Waals surface area contributed by atoms with Gasteiger partial charge in [-0.05, 0) is 75.6 Å². The van der Waals surface area contributed by atoms with Crippen molar-refractivity contribution in [2.75, 3.05) is 13.2 Å². The van der Waals surface area contributed by atoms with Crippen molar-refractivity contribution in [3.05, 3.63) is 82.2 Å². The van der Waals surface area contributed by atoms with Crippen molar-refractivity contribution in [3.8, 4) is 11.4 Å². The molecule has 0 N–H and O–H groups in total. The Kier molecular flexibility index (Phi) is 6.95. The molecule has 1 heterocycles. The van der Waals surface area contributed by atoms with Gasteiger partial charge in [-0.2, -0.15) is 0 Å². The Morgan fingerprint density at radius 2 is 1.58 bits per heavy atom. The number of ketones is 1. The molecule has 31 heavy (non-hydrogen) atoms. The molecule has 1 aromatic heterocycles. The van der Waals surface area contributed by atoms with Crippen LogP contribution in [0.1, 0.15) is 44.9 Å². The van der Waals surface area contributed by atoms with E-state index in [-0.39, 0.29) is 25.4 Å². The summed E-state index contributed by atoms with van der Waals surface area (Å²) in [6.07, 6.45) is 0.0865. The number of ether oxygens (including phenoxy) is 2. The average Bonchev–Trinajstić information content (AvgIpc) is 3.01. The molecule has 2 aromatic carbocycles. The fourth-order valence-corrected chi connectivity index (χ4v) is 3.78. The highest BCUT2D eigenvalue weighted by atomic mass is 16.5. The first-order chi connectivity index (χ1) is 14.8. The zero-order chi connectivity index (χ0) is 22.5. The molecule has 0 radical (unpaired) electrons. The van der Waals surface area contributed by atoms with E-state index >= 15 is 0 Å². The van der Waals surface area contributed by atoms with Crippen LogP contribution < -0.4 is 4.74 Å². The zero-order valence-corrected chi connectivity index (χ0v) is 18.8. The molecule has 0 aliphatic rings. The fourth-order valence-electron chi connectivity index (χ4n) is 3.78. The Hall–Kier alpha value is -3.34. The first-order valence-electron chi connectivity index (χ1n) is 10.4. The van der Waals surface area contributed by atoms with Crippen molar-refractivity contribution in [2.24, 2.45) is 0 Å². The van der Waals surface area contributed by atoms with E-state index in [9.17, 15) is 9.59 Å². The lowest BCUT2D eigenvalue weighted by Crippen LogP contribution is -2.16. The summed E-state index contributed by atoms with van der Waals surface area (Å²) >= 11 is 0. The number of hydrogen-bond donors (Lipinski definition) is 0. The van der Waals surface area contributed by atoms with Gasteiger partial charge in [-0.3, -0.25) is 9.59 Å². The number of carbonyl (C=O) groups excluding carboxylic acids is 2. The van der Waals surface area contributed by atoms with Gasteiger partial charge in [0.05, 0.1) is 13.0 Å².